The zero-order valence-electron chi connectivity index (χ0n) is 16.0. The maximum Gasteiger partial charge on any atom is 0.308 e. The van der Waals surface area contributed by atoms with Gasteiger partial charge >= 0.3 is 5.97 Å². The molecule has 0 N–H and O–H groups in total. The number of hydrogen-bond donors (Lipinski definition) is 0. The zero-order chi connectivity index (χ0) is 19.4. The van der Waals surface area contributed by atoms with Crippen molar-refractivity contribution in [2.24, 2.45) is 13.0 Å². The van der Waals surface area contributed by atoms with Crippen molar-refractivity contribution >= 4 is 16.9 Å². The molecule has 3 aromatic rings. The zero-order valence-corrected chi connectivity index (χ0v) is 16.0. The molecule has 2 aromatic carbocycles. The van der Waals surface area contributed by atoms with E-state index in [0.717, 1.165) is 24.8 Å². The molecule has 1 aliphatic rings. The number of benzene rings is 2. The Morgan fingerprint density at radius 2 is 2.00 bits per heavy atom. The van der Waals surface area contributed by atoms with Crippen molar-refractivity contribution < 1.29 is 13.9 Å². The normalized spacial score (nSPS) is 18.8. The van der Waals surface area contributed by atoms with Crippen LogP contribution in [0.4, 0.5) is 4.39 Å². The topological polar surface area (TPSA) is 44.1 Å². The van der Waals surface area contributed by atoms with Crippen LogP contribution in [-0.4, -0.2) is 22.9 Å². The molecule has 4 rings (SSSR count). The smallest absolute Gasteiger partial charge is 0.308 e. The van der Waals surface area contributed by atoms with E-state index in [4.69, 9.17) is 4.74 Å². The SMILES string of the molecule is COC(=O)C1CCC(c2ccc3c(cnn3C)c2)C1.Cc1ccccc1F. The van der Waals surface area contributed by atoms with Gasteiger partial charge in [0.25, 0.3) is 0 Å². The molecule has 4 nitrogen and oxygen atoms in total. The Labute approximate surface area is 159 Å². The summed E-state index contributed by atoms with van der Waals surface area (Å²) < 4.78 is 19.0. The first-order valence-corrected chi connectivity index (χ1v) is 9.20. The molecule has 0 spiro atoms. The van der Waals surface area contributed by atoms with Crippen molar-refractivity contribution in [1.82, 2.24) is 9.78 Å². The summed E-state index contributed by atoms with van der Waals surface area (Å²) in [5.41, 5.74) is 3.16. The number of carbonyl (C=O) groups is 1. The fourth-order valence-electron chi connectivity index (χ4n) is 3.65. The first-order chi connectivity index (χ1) is 13.0. The predicted molar refractivity (Wildman–Crippen MR) is 104 cm³/mol. The molecule has 2 atom stereocenters. The average molecular weight is 368 g/mol. The highest BCUT2D eigenvalue weighted by Crippen LogP contribution is 2.39. The lowest BCUT2D eigenvalue weighted by Crippen LogP contribution is -2.12. The minimum Gasteiger partial charge on any atom is -0.469 e. The van der Waals surface area contributed by atoms with Crippen LogP contribution in [0, 0.1) is 18.7 Å². The number of carbonyl (C=O) groups excluding carboxylic acids is 1. The van der Waals surface area contributed by atoms with Crippen molar-refractivity contribution in [2.45, 2.75) is 32.1 Å². The van der Waals surface area contributed by atoms with Gasteiger partial charge in [0, 0.05) is 12.4 Å². The number of ether oxygens (including phenoxy) is 1. The van der Waals surface area contributed by atoms with Crippen molar-refractivity contribution in [1.29, 1.82) is 0 Å². The molecular weight excluding hydrogens is 343 g/mol. The molecule has 142 valence electrons. The number of aryl methyl sites for hydroxylation is 2. The lowest BCUT2D eigenvalue weighted by atomic mass is 9.95. The van der Waals surface area contributed by atoms with E-state index in [1.807, 2.05) is 24.0 Å². The molecule has 0 radical (unpaired) electrons. The van der Waals surface area contributed by atoms with Crippen molar-refractivity contribution in [3.8, 4) is 0 Å². The fraction of sp³-hybridized carbons (Fsp3) is 0.364. The molecule has 27 heavy (non-hydrogen) atoms. The summed E-state index contributed by atoms with van der Waals surface area (Å²) in [6.07, 6.45) is 4.79. The van der Waals surface area contributed by atoms with Crippen molar-refractivity contribution in [3.63, 3.8) is 0 Å². The molecule has 5 heteroatoms. The number of halogens is 1. The third-order valence-electron chi connectivity index (χ3n) is 5.29. The van der Waals surface area contributed by atoms with Crippen LogP contribution in [0.2, 0.25) is 0 Å². The molecule has 1 fully saturated rings. The first kappa shape index (κ1) is 19.1. The van der Waals surface area contributed by atoms with Crippen LogP contribution in [0.25, 0.3) is 10.9 Å². The Hall–Kier alpha value is -2.69. The minimum absolute atomic E-state index is 0.0649. The largest absolute Gasteiger partial charge is 0.469 e. The van der Waals surface area contributed by atoms with Gasteiger partial charge in [-0.3, -0.25) is 9.48 Å². The summed E-state index contributed by atoms with van der Waals surface area (Å²) in [7, 11) is 3.42. The monoisotopic (exact) mass is 368 g/mol. The van der Waals surface area contributed by atoms with E-state index < -0.39 is 0 Å². The Balaban J connectivity index is 0.000000221. The van der Waals surface area contributed by atoms with Gasteiger partial charge in [0.05, 0.1) is 24.7 Å². The third-order valence-corrected chi connectivity index (χ3v) is 5.29. The van der Waals surface area contributed by atoms with Crippen molar-refractivity contribution in [3.05, 3.63) is 65.6 Å². The predicted octanol–water partition coefficient (Wildman–Crippen LogP) is 4.76. The molecule has 0 amide bonds. The maximum absolute atomic E-state index is 12.3. The molecule has 0 aliphatic heterocycles. The molecule has 1 saturated carbocycles. The summed E-state index contributed by atoms with van der Waals surface area (Å²) in [6, 6.07) is 13.2. The van der Waals surface area contributed by atoms with E-state index in [1.54, 1.807) is 19.1 Å². The second-order valence-electron chi connectivity index (χ2n) is 7.07. The number of nitrogens with zero attached hydrogens (tertiary/aromatic N) is 2. The van der Waals surface area contributed by atoms with Crippen LogP contribution in [0.3, 0.4) is 0 Å². The highest BCUT2D eigenvalue weighted by Gasteiger charge is 2.31. The minimum atomic E-state index is -0.132. The number of rotatable bonds is 2. The van der Waals surface area contributed by atoms with Gasteiger partial charge in [0.1, 0.15) is 5.82 Å². The maximum atomic E-state index is 12.3. The molecule has 1 aromatic heterocycles. The highest BCUT2D eigenvalue weighted by atomic mass is 19.1. The number of hydrogen-bond acceptors (Lipinski definition) is 3. The molecule has 0 saturated heterocycles. The van der Waals surface area contributed by atoms with Gasteiger partial charge in [-0.25, -0.2) is 4.39 Å². The molecule has 0 bridgehead atoms. The molecule has 2 unspecified atom stereocenters. The van der Waals surface area contributed by atoms with E-state index >= 15 is 0 Å². The number of methoxy groups -OCH3 is 1. The van der Waals surface area contributed by atoms with Crippen LogP contribution < -0.4 is 0 Å². The molecular formula is C22H25FN2O2. The first-order valence-electron chi connectivity index (χ1n) is 9.20. The number of aromatic nitrogens is 2. The standard InChI is InChI=1S/C15H18N2O2.C7H7F/c1-17-14-6-5-11(8-13(14)9-16-17)10-3-4-12(7-10)15(18)19-2;1-6-4-2-3-5-7(6)8/h5-6,8-10,12H,3-4,7H2,1-2H3;2-5H,1H3. The Kier molecular flexibility index (Phi) is 5.89. The summed E-state index contributed by atoms with van der Waals surface area (Å²) in [5, 5.41) is 5.43. The number of fused-ring (bicyclic) bond motifs is 1. The Morgan fingerprint density at radius 3 is 2.67 bits per heavy atom. The second kappa shape index (κ2) is 8.33. The van der Waals surface area contributed by atoms with Gasteiger partial charge in [-0.2, -0.15) is 5.10 Å². The van der Waals surface area contributed by atoms with E-state index in [1.165, 1.54) is 24.1 Å². The van der Waals surface area contributed by atoms with Crippen LogP contribution in [0.1, 0.15) is 36.3 Å². The van der Waals surface area contributed by atoms with Gasteiger partial charge < -0.3 is 4.74 Å². The van der Waals surface area contributed by atoms with E-state index in [0.29, 0.717) is 11.5 Å². The van der Waals surface area contributed by atoms with Crippen LogP contribution >= 0.6 is 0 Å². The van der Waals surface area contributed by atoms with Gasteiger partial charge in [-0.05, 0) is 61.4 Å². The highest BCUT2D eigenvalue weighted by molar-refractivity contribution is 5.79. The van der Waals surface area contributed by atoms with E-state index in [-0.39, 0.29) is 17.7 Å². The lowest BCUT2D eigenvalue weighted by Gasteiger charge is -2.11. The van der Waals surface area contributed by atoms with Crippen LogP contribution in [-0.2, 0) is 16.6 Å². The van der Waals surface area contributed by atoms with E-state index in [2.05, 4.69) is 23.3 Å². The van der Waals surface area contributed by atoms with Gasteiger partial charge in [-0.1, -0.05) is 24.3 Å². The fourth-order valence-corrected chi connectivity index (χ4v) is 3.65. The lowest BCUT2D eigenvalue weighted by molar-refractivity contribution is -0.145. The Bertz CT molecular complexity index is 914. The number of esters is 1. The summed E-state index contributed by atoms with van der Waals surface area (Å²) in [5.74, 6) is 0.339. The van der Waals surface area contributed by atoms with Gasteiger partial charge in [-0.15, -0.1) is 0 Å². The molecule has 1 aliphatic carbocycles. The molecule has 1 heterocycles. The summed E-state index contributed by atoms with van der Waals surface area (Å²) in [4.78, 5) is 11.6. The summed E-state index contributed by atoms with van der Waals surface area (Å²) in [6.45, 7) is 1.75. The van der Waals surface area contributed by atoms with Crippen LogP contribution in [0.5, 0.6) is 0 Å². The van der Waals surface area contributed by atoms with Crippen LogP contribution in [0.15, 0.2) is 48.7 Å². The van der Waals surface area contributed by atoms with Gasteiger partial charge in [0.15, 0.2) is 0 Å². The summed E-state index contributed by atoms with van der Waals surface area (Å²) >= 11 is 0. The van der Waals surface area contributed by atoms with E-state index in [9.17, 15) is 9.18 Å². The van der Waals surface area contributed by atoms with Gasteiger partial charge in [0.2, 0.25) is 0 Å². The third kappa shape index (κ3) is 4.35. The van der Waals surface area contributed by atoms with Crippen molar-refractivity contribution in [2.75, 3.05) is 7.11 Å². The quantitative estimate of drug-likeness (QED) is 0.612. The second-order valence-corrected chi connectivity index (χ2v) is 7.07. The Morgan fingerprint density at radius 1 is 1.22 bits per heavy atom. The average Bonchev–Trinajstić information content (AvgIpc) is 3.31.